The number of aliphatic hydroxyl groups is 1. The zero-order valence-electron chi connectivity index (χ0n) is 8.26. The number of thioether (sulfide) groups is 1. The van der Waals surface area contributed by atoms with Gasteiger partial charge in [0.15, 0.2) is 5.17 Å². The molecule has 1 unspecified atom stereocenters. The van der Waals surface area contributed by atoms with Gasteiger partial charge < -0.3 is 10.0 Å². The van der Waals surface area contributed by atoms with E-state index in [0.29, 0.717) is 6.54 Å². The Balaban J connectivity index is 1.97. The number of hydrogen-bond acceptors (Lipinski definition) is 4. The Hall–Kier alpha value is -1.00. The molecule has 0 radical (unpaired) electrons. The van der Waals surface area contributed by atoms with Crippen molar-refractivity contribution in [2.45, 2.75) is 5.72 Å². The molecule has 3 rings (SSSR count). The standard InChI is InChI=1S/C11H12N2OS/c14-11(9-4-2-1-3-5-9)8-13-6-7-15-10(13)12-11/h1-5,14H,6-8H2. The van der Waals surface area contributed by atoms with E-state index in [2.05, 4.69) is 9.89 Å². The fourth-order valence-corrected chi connectivity index (χ4v) is 3.05. The van der Waals surface area contributed by atoms with Gasteiger partial charge in [0, 0.05) is 17.9 Å². The molecule has 4 heteroatoms. The predicted molar refractivity (Wildman–Crippen MR) is 61.8 cm³/mol. The summed E-state index contributed by atoms with van der Waals surface area (Å²) >= 11 is 1.73. The van der Waals surface area contributed by atoms with Gasteiger partial charge in [-0.2, -0.15) is 0 Å². The summed E-state index contributed by atoms with van der Waals surface area (Å²) in [5.74, 6) is 1.09. The highest BCUT2D eigenvalue weighted by atomic mass is 32.2. The van der Waals surface area contributed by atoms with Crippen molar-refractivity contribution in [1.29, 1.82) is 0 Å². The van der Waals surface area contributed by atoms with Gasteiger partial charge in [0.2, 0.25) is 5.72 Å². The Kier molecular flexibility index (Phi) is 2.00. The van der Waals surface area contributed by atoms with Crippen molar-refractivity contribution in [3.63, 3.8) is 0 Å². The van der Waals surface area contributed by atoms with Gasteiger partial charge in [-0.1, -0.05) is 42.1 Å². The number of benzene rings is 1. The lowest BCUT2D eigenvalue weighted by molar-refractivity contribution is 0.0430. The van der Waals surface area contributed by atoms with Gasteiger partial charge in [-0.25, -0.2) is 4.99 Å². The molecule has 3 nitrogen and oxygen atoms in total. The van der Waals surface area contributed by atoms with Gasteiger partial charge in [-0.05, 0) is 0 Å². The smallest absolute Gasteiger partial charge is 0.202 e. The van der Waals surface area contributed by atoms with Crippen LogP contribution in [0.15, 0.2) is 35.3 Å². The van der Waals surface area contributed by atoms with E-state index in [1.165, 1.54) is 0 Å². The average molecular weight is 220 g/mol. The van der Waals surface area contributed by atoms with Crippen LogP contribution < -0.4 is 0 Å². The first kappa shape index (κ1) is 9.24. The van der Waals surface area contributed by atoms with Crippen LogP contribution in [-0.4, -0.2) is 34.0 Å². The molecule has 2 aliphatic heterocycles. The Morgan fingerprint density at radius 3 is 2.87 bits per heavy atom. The number of aliphatic imine (C=N–C) groups is 1. The summed E-state index contributed by atoms with van der Waals surface area (Å²) in [6, 6.07) is 9.67. The van der Waals surface area contributed by atoms with Crippen molar-refractivity contribution in [1.82, 2.24) is 4.90 Å². The molecule has 1 fully saturated rings. The molecule has 78 valence electrons. The molecule has 0 bridgehead atoms. The van der Waals surface area contributed by atoms with Crippen LogP contribution >= 0.6 is 11.8 Å². The molecule has 2 aliphatic rings. The fourth-order valence-electron chi connectivity index (χ4n) is 2.00. The van der Waals surface area contributed by atoms with Crippen LogP contribution in [0.3, 0.4) is 0 Å². The lowest BCUT2D eigenvalue weighted by atomic mass is 10.0. The van der Waals surface area contributed by atoms with Crippen molar-refractivity contribution < 1.29 is 5.11 Å². The highest BCUT2D eigenvalue weighted by Gasteiger charge is 2.40. The minimum absolute atomic E-state index is 0.597. The Morgan fingerprint density at radius 2 is 2.13 bits per heavy atom. The summed E-state index contributed by atoms with van der Waals surface area (Å²) < 4.78 is 0. The normalized spacial score (nSPS) is 29.1. The molecule has 15 heavy (non-hydrogen) atoms. The van der Waals surface area contributed by atoms with Crippen LogP contribution in [0.4, 0.5) is 0 Å². The minimum Gasteiger partial charge on any atom is -0.364 e. The second kappa shape index (κ2) is 3.25. The maximum atomic E-state index is 10.4. The van der Waals surface area contributed by atoms with Crippen molar-refractivity contribution >= 4 is 16.9 Å². The van der Waals surface area contributed by atoms with Gasteiger partial charge >= 0.3 is 0 Å². The van der Waals surface area contributed by atoms with Gasteiger partial charge in [0.25, 0.3) is 0 Å². The van der Waals surface area contributed by atoms with Crippen LogP contribution in [0, 0.1) is 0 Å². The molecule has 1 N–H and O–H groups in total. The summed E-state index contributed by atoms with van der Waals surface area (Å²) in [4.78, 5) is 6.56. The van der Waals surface area contributed by atoms with E-state index in [9.17, 15) is 5.11 Å². The van der Waals surface area contributed by atoms with E-state index in [0.717, 1.165) is 23.0 Å². The van der Waals surface area contributed by atoms with Crippen molar-refractivity contribution in [2.24, 2.45) is 4.99 Å². The van der Waals surface area contributed by atoms with Crippen LogP contribution in [0.5, 0.6) is 0 Å². The number of hydrogen-bond donors (Lipinski definition) is 1. The van der Waals surface area contributed by atoms with Crippen LogP contribution in [0.1, 0.15) is 5.56 Å². The number of fused-ring (bicyclic) bond motifs is 1. The van der Waals surface area contributed by atoms with E-state index < -0.39 is 5.72 Å². The molecule has 0 saturated carbocycles. The third-order valence-electron chi connectivity index (χ3n) is 2.79. The summed E-state index contributed by atoms with van der Waals surface area (Å²) in [6.45, 7) is 1.60. The molecular formula is C11H12N2OS. The maximum absolute atomic E-state index is 10.4. The zero-order chi connectivity index (χ0) is 10.3. The van der Waals surface area contributed by atoms with Gasteiger partial charge in [0.1, 0.15) is 0 Å². The van der Waals surface area contributed by atoms with E-state index in [1.807, 2.05) is 30.3 Å². The molecule has 1 atom stereocenters. The van der Waals surface area contributed by atoms with Gasteiger partial charge in [-0.15, -0.1) is 0 Å². The first-order valence-corrected chi connectivity index (χ1v) is 6.02. The predicted octanol–water partition coefficient (Wildman–Crippen LogP) is 1.25. The number of nitrogens with zero attached hydrogens (tertiary/aromatic N) is 2. The van der Waals surface area contributed by atoms with Crippen molar-refractivity contribution in [3.8, 4) is 0 Å². The zero-order valence-corrected chi connectivity index (χ0v) is 9.07. The Labute approximate surface area is 92.8 Å². The summed E-state index contributed by atoms with van der Waals surface area (Å²) in [5.41, 5.74) is -0.142. The second-order valence-corrected chi connectivity index (χ2v) is 4.91. The summed E-state index contributed by atoms with van der Waals surface area (Å²) in [6.07, 6.45) is 0. The summed E-state index contributed by atoms with van der Waals surface area (Å²) in [5, 5.41) is 11.4. The Morgan fingerprint density at radius 1 is 1.33 bits per heavy atom. The Bertz CT molecular complexity index is 406. The van der Waals surface area contributed by atoms with E-state index >= 15 is 0 Å². The first-order valence-electron chi connectivity index (χ1n) is 5.03. The first-order chi connectivity index (χ1) is 7.28. The van der Waals surface area contributed by atoms with E-state index in [-0.39, 0.29) is 0 Å². The van der Waals surface area contributed by atoms with Crippen LogP contribution in [0.25, 0.3) is 0 Å². The molecule has 1 aromatic rings. The van der Waals surface area contributed by atoms with Crippen molar-refractivity contribution in [2.75, 3.05) is 18.8 Å². The van der Waals surface area contributed by atoms with Gasteiger partial charge in [0.05, 0.1) is 6.54 Å². The largest absolute Gasteiger partial charge is 0.364 e. The van der Waals surface area contributed by atoms with Crippen molar-refractivity contribution in [3.05, 3.63) is 35.9 Å². The van der Waals surface area contributed by atoms with Crippen LogP contribution in [0.2, 0.25) is 0 Å². The third kappa shape index (κ3) is 1.44. The lowest BCUT2D eigenvalue weighted by Crippen LogP contribution is -2.32. The van der Waals surface area contributed by atoms with E-state index in [1.54, 1.807) is 11.8 Å². The molecular weight excluding hydrogens is 208 g/mol. The molecule has 1 saturated heterocycles. The molecule has 1 aromatic carbocycles. The molecule has 0 aromatic heterocycles. The quantitative estimate of drug-likeness (QED) is 0.773. The highest BCUT2D eigenvalue weighted by molar-refractivity contribution is 8.14. The second-order valence-electron chi connectivity index (χ2n) is 3.85. The molecule has 2 heterocycles. The SMILES string of the molecule is OC1(c2ccccc2)CN2CCSC2=N1. The number of amidine groups is 1. The lowest BCUT2D eigenvalue weighted by Gasteiger charge is -2.21. The van der Waals surface area contributed by atoms with Gasteiger partial charge in [-0.3, -0.25) is 0 Å². The topological polar surface area (TPSA) is 35.8 Å². The number of rotatable bonds is 1. The fraction of sp³-hybridized carbons (Fsp3) is 0.364. The third-order valence-corrected chi connectivity index (χ3v) is 3.79. The average Bonchev–Trinajstić information content (AvgIpc) is 2.78. The van der Waals surface area contributed by atoms with E-state index in [4.69, 9.17) is 0 Å². The minimum atomic E-state index is -1.02. The molecule has 0 spiro atoms. The summed E-state index contributed by atoms with van der Waals surface area (Å²) in [7, 11) is 0. The monoisotopic (exact) mass is 220 g/mol. The van der Waals surface area contributed by atoms with Crippen LogP contribution in [-0.2, 0) is 5.72 Å². The molecule has 0 amide bonds. The highest BCUT2D eigenvalue weighted by Crippen LogP contribution is 2.35. The maximum Gasteiger partial charge on any atom is 0.202 e. The molecule has 0 aliphatic carbocycles.